The molecule has 0 N–H and O–H groups in total. The quantitative estimate of drug-likeness (QED) is 0.388. The minimum atomic E-state index is 1.12. The van der Waals surface area contributed by atoms with Crippen molar-refractivity contribution in [3.8, 4) is 0 Å². The van der Waals surface area contributed by atoms with E-state index in [4.69, 9.17) is 0 Å². The molecule has 0 heterocycles. The topological polar surface area (TPSA) is 0 Å². The summed E-state index contributed by atoms with van der Waals surface area (Å²) in [5, 5.41) is 0. The fourth-order valence-electron chi connectivity index (χ4n) is 0.488. The van der Waals surface area contributed by atoms with E-state index in [0.717, 1.165) is 5.57 Å². The van der Waals surface area contributed by atoms with Crippen molar-refractivity contribution in [3.63, 3.8) is 0 Å². The molecule has 0 aliphatic heterocycles. The SMILES string of the molecule is C=CC=C=C(C)/C=C\C. The molecule has 0 nitrogen and oxygen atoms in total. The van der Waals surface area contributed by atoms with Crippen LogP contribution < -0.4 is 0 Å². The molecule has 0 aliphatic carbocycles. The molecule has 0 saturated carbocycles. The minimum absolute atomic E-state index is 1.12. The smallest absolute Gasteiger partial charge is 0.00947 e. The third-order valence-corrected chi connectivity index (χ3v) is 0.846. The van der Waals surface area contributed by atoms with Gasteiger partial charge in [-0.25, -0.2) is 0 Å². The fourth-order valence-corrected chi connectivity index (χ4v) is 0.488. The summed E-state index contributed by atoms with van der Waals surface area (Å²) in [6.45, 7) is 7.52. The van der Waals surface area contributed by atoms with Crippen molar-refractivity contribution in [2.75, 3.05) is 0 Å². The van der Waals surface area contributed by atoms with Gasteiger partial charge in [0.2, 0.25) is 0 Å². The maximum atomic E-state index is 3.54. The van der Waals surface area contributed by atoms with Gasteiger partial charge in [-0.15, -0.1) is 5.73 Å². The van der Waals surface area contributed by atoms with Crippen molar-refractivity contribution >= 4 is 0 Å². The first-order valence-corrected chi connectivity index (χ1v) is 2.98. The van der Waals surface area contributed by atoms with Crippen LogP contribution in [-0.4, -0.2) is 0 Å². The molecule has 0 spiro atoms. The number of rotatable bonds is 2. The molecule has 0 fully saturated rings. The molecule has 0 atom stereocenters. The monoisotopic (exact) mass is 120 g/mol. The van der Waals surface area contributed by atoms with Crippen molar-refractivity contribution in [2.24, 2.45) is 0 Å². The molecule has 48 valence electrons. The summed E-state index contributed by atoms with van der Waals surface area (Å²) in [5.74, 6) is 0. The van der Waals surface area contributed by atoms with Crippen LogP contribution in [-0.2, 0) is 0 Å². The first kappa shape index (κ1) is 8.00. The Morgan fingerprint density at radius 2 is 2.22 bits per heavy atom. The first-order chi connectivity index (χ1) is 4.31. The molecular formula is C9H12. The lowest BCUT2D eigenvalue weighted by molar-refractivity contribution is 1.52. The average Bonchev–Trinajstić information content (AvgIpc) is 1.85. The summed E-state index contributed by atoms with van der Waals surface area (Å²) in [6, 6.07) is 0. The molecule has 0 saturated heterocycles. The molecular weight excluding hydrogens is 108 g/mol. The molecule has 0 aromatic heterocycles. The second-order valence-electron chi connectivity index (χ2n) is 1.73. The van der Waals surface area contributed by atoms with Crippen LogP contribution in [0.25, 0.3) is 0 Å². The third kappa shape index (κ3) is 4.86. The van der Waals surface area contributed by atoms with Crippen LogP contribution in [0.5, 0.6) is 0 Å². The highest BCUT2D eigenvalue weighted by molar-refractivity contribution is 5.16. The Kier molecular flexibility index (Phi) is 4.57. The lowest BCUT2D eigenvalue weighted by Gasteiger charge is -1.78. The Balaban J connectivity index is 4.14. The van der Waals surface area contributed by atoms with Crippen LogP contribution in [0.4, 0.5) is 0 Å². The summed E-state index contributed by atoms with van der Waals surface area (Å²) in [5.41, 5.74) is 4.14. The maximum Gasteiger partial charge on any atom is -0.00947 e. The van der Waals surface area contributed by atoms with Gasteiger partial charge < -0.3 is 0 Å². The van der Waals surface area contributed by atoms with Crippen LogP contribution >= 0.6 is 0 Å². The Labute approximate surface area is 56.9 Å². The molecule has 0 aliphatic rings. The van der Waals surface area contributed by atoms with Gasteiger partial charge in [0.25, 0.3) is 0 Å². The van der Waals surface area contributed by atoms with Gasteiger partial charge in [0.15, 0.2) is 0 Å². The van der Waals surface area contributed by atoms with E-state index in [2.05, 4.69) is 12.3 Å². The summed E-state index contributed by atoms with van der Waals surface area (Å²) in [6.07, 6.45) is 7.50. The minimum Gasteiger partial charge on any atom is -0.118 e. The van der Waals surface area contributed by atoms with Crippen molar-refractivity contribution < 1.29 is 0 Å². The van der Waals surface area contributed by atoms with Crippen molar-refractivity contribution in [1.29, 1.82) is 0 Å². The zero-order valence-corrected chi connectivity index (χ0v) is 6.02. The van der Waals surface area contributed by atoms with E-state index < -0.39 is 0 Å². The second kappa shape index (κ2) is 5.14. The van der Waals surface area contributed by atoms with Crippen LogP contribution in [0.2, 0.25) is 0 Å². The lowest BCUT2D eigenvalue weighted by atomic mass is 10.3. The molecule has 0 heteroatoms. The zero-order chi connectivity index (χ0) is 7.11. The first-order valence-electron chi connectivity index (χ1n) is 2.98. The van der Waals surface area contributed by atoms with Crippen LogP contribution in [0.1, 0.15) is 13.8 Å². The van der Waals surface area contributed by atoms with Gasteiger partial charge in [-0.2, -0.15) is 0 Å². The Bertz CT molecular complexity index is 164. The number of allylic oxidation sites excluding steroid dienone is 4. The second-order valence-corrected chi connectivity index (χ2v) is 1.73. The molecule has 0 bridgehead atoms. The van der Waals surface area contributed by atoms with Gasteiger partial charge in [0.1, 0.15) is 0 Å². The third-order valence-electron chi connectivity index (χ3n) is 0.846. The van der Waals surface area contributed by atoms with Gasteiger partial charge in [0, 0.05) is 0 Å². The van der Waals surface area contributed by atoms with Gasteiger partial charge in [-0.3, -0.25) is 0 Å². The molecule has 0 aromatic carbocycles. The summed E-state index contributed by atoms with van der Waals surface area (Å²) >= 11 is 0. The normalized spacial score (nSPS) is 8.67. The van der Waals surface area contributed by atoms with Gasteiger partial charge in [-0.05, 0) is 25.5 Å². The van der Waals surface area contributed by atoms with Crippen LogP contribution in [0.3, 0.4) is 0 Å². The molecule has 0 amide bonds. The molecule has 0 rings (SSSR count). The lowest BCUT2D eigenvalue weighted by Crippen LogP contribution is -1.58. The van der Waals surface area contributed by atoms with Crippen molar-refractivity contribution in [3.05, 3.63) is 42.2 Å². The predicted octanol–water partition coefficient (Wildman–Crippen LogP) is 2.85. The van der Waals surface area contributed by atoms with E-state index in [0.29, 0.717) is 0 Å². The summed E-state index contributed by atoms with van der Waals surface area (Å²) < 4.78 is 0. The highest BCUT2D eigenvalue weighted by atomic mass is 13.8. The Hall–Kier alpha value is -1.00. The Morgan fingerprint density at radius 3 is 2.67 bits per heavy atom. The van der Waals surface area contributed by atoms with E-state index in [-0.39, 0.29) is 0 Å². The molecule has 0 aromatic rings. The Morgan fingerprint density at radius 1 is 1.56 bits per heavy atom. The van der Waals surface area contributed by atoms with Gasteiger partial charge in [0.05, 0.1) is 0 Å². The van der Waals surface area contributed by atoms with E-state index in [1.54, 1.807) is 12.2 Å². The molecule has 9 heavy (non-hydrogen) atoms. The van der Waals surface area contributed by atoms with Gasteiger partial charge in [-0.1, -0.05) is 24.8 Å². The largest absolute Gasteiger partial charge is 0.118 e. The van der Waals surface area contributed by atoms with E-state index in [1.807, 2.05) is 26.0 Å². The number of hydrogen-bond donors (Lipinski definition) is 0. The van der Waals surface area contributed by atoms with Crippen molar-refractivity contribution in [1.82, 2.24) is 0 Å². The highest BCUT2D eigenvalue weighted by Gasteiger charge is 1.70. The highest BCUT2D eigenvalue weighted by Crippen LogP contribution is 1.89. The van der Waals surface area contributed by atoms with E-state index in [1.165, 1.54) is 0 Å². The predicted molar refractivity (Wildman–Crippen MR) is 42.3 cm³/mol. The molecule has 0 unspecified atom stereocenters. The fraction of sp³-hybridized carbons (Fsp3) is 0.222. The van der Waals surface area contributed by atoms with E-state index in [9.17, 15) is 0 Å². The average molecular weight is 120 g/mol. The van der Waals surface area contributed by atoms with Crippen molar-refractivity contribution in [2.45, 2.75) is 13.8 Å². The maximum absolute atomic E-state index is 3.54. The van der Waals surface area contributed by atoms with Crippen LogP contribution in [0, 0.1) is 0 Å². The number of hydrogen-bond acceptors (Lipinski definition) is 0. The summed E-state index contributed by atoms with van der Waals surface area (Å²) in [4.78, 5) is 0. The summed E-state index contributed by atoms with van der Waals surface area (Å²) in [7, 11) is 0. The van der Waals surface area contributed by atoms with Gasteiger partial charge >= 0.3 is 0 Å². The zero-order valence-electron chi connectivity index (χ0n) is 6.02. The standard InChI is InChI=1S/C9H12/c1-4-6-8-9(3)7-5-2/h4-7H,1H2,2-3H3/b7-5-. The van der Waals surface area contributed by atoms with E-state index >= 15 is 0 Å². The van der Waals surface area contributed by atoms with Crippen LogP contribution in [0.15, 0.2) is 42.2 Å². The molecule has 0 radical (unpaired) electrons.